The summed E-state index contributed by atoms with van der Waals surface area (Å²) >= 11 is 0. The fourth-order valence-electron chi connectivity index (χ4n) is 4.29. The third kappa shape index (κ3) is 5.69. The normalized spacial score (nSPS) is 23.2. The highest BCUT2D eigenvalue weighted by atomic mass is 127. The Balaban J connectivity index is 0.00000280. The van der Waals surface area contributed by atoms with Crippen molar-refractivity contribution in [3.8, 4) is 0 Å². The SMILES string of the molecule is CN=C(NCCN1C(=O)CNC1=O)NCC1(N2CCOCC2)CCCCC1.I. The summed E-state index contributed by atoms with van der Waals surface area (Å²) in [6.45, 7) is 5.33. The molecular weight excluding hydrogens is 475 g/mol. The molecule has 1 aliphatic carbocycles. The number of hydrogen-bond acceptors (Lipinski definition) is 5. The molecule has 3 rings (SSSR count). The average molecular weight is 508 g/mol. The number of rotatable bonds is 6. The summed E-state index contributed by atoms with van der Waals surface area (Å²) in [5.41, 5.74) is 0.157. The van der Waals surface area contributed by atoms with Crippen molar-refractivity contribution in [3.05, 3.63) is 0 Å². The Kier molecular flexibility index (Phi) is 9.22. The van der Waals surface area contributed by atoms with E-state index in [2.05, 4.69) is 25.8 Å². The Bertz CT molecular complexity index is 546. The molecule has 10 heteroatoms. The molecule has 28 heavy (non-hydrogen) atoms. The standard InChI is InChI=1S/C18H32N6O3.HI/c1-19-16(20-7-8-24-15(25)13-21-17(24)26)22-14-18(5-3-2-4-6-18)23-9-11-27-12-10-23;/h2-14H2,1H3,(H,21,26)(H2,19,20,22);1H. The van der Waals surface area contributed by atoms with Crippen molar-refractivity contribution in [2.45, 2.75) is 37.6 Å². The van der Waals surface area contributed by atoms with Crippen molar-refractivity contribution < 1.29 is 14.3 Å². The lowest BCUT2D eigenvalue weighted by Crippen LogP contribution is -2.60. The summed E-state index contributed by atoms with van der Waals surface area (Å²) in [7, 11) is 1.74. The zero-order valence-electron chi connectivity index (χ0n) is 16.7. The van der Waals surface area contributed by atoms with Crippen molar-refractivity contribution in [3.63, 3.8) is 0 Å². The van der Waals surface area contributed by atoms with Crippen LogP contribution in [0.1, 0.15) is 32.1 Å². The lowest BCUT2D eigenvalue weighted by atomic mass is 9.80. The summed E-state index contributed by atoms with van der Waals surface area (Å²) in [5.74, 6) is 0.526. The maximum absolute atomic E-state index is 11.6. The third-order valence-electron chi connectivity index (χ3n) is 5.84. The Morgan fingerprint density at radius 2 is 1.89 bits per heavy atom. The van der Waals surface area contributed by atoms with Gasteiger partial charge in [0, 0.05) is 45.3 Å². The van der Waals surface area contributed by atoms with E-state index in [1.54, 1.807) is 7.05 Å². The van der Waals surface area contributed by atoms with E-state index in [1.165, 1.54) is 37.0 Å². The van der Waals surface area contributed by atoms with Crippen LogP contribution in [0.25, 0.3) is 0 Å². The van der Waals surface area contributed by atoms with E-state index >= 15 is 0 Å². The summed E-state index contributed by atoms with van der Waals surface area (Å²) in [6.07, 6.45) is 6.22. The minimum atomic E-state index is -0.321. The lowest BCUT2D eigenvalue weighted by Gasteiger charge is -2.48. The van der Waals surface area contributed by atoms with Crippen LogP contribution in [0, 0.1) is 0 Å². The molecular formula is C18H33IN6O3. The fraction of sp³-hybridized carbons (Fsp3) is 0.833. The topological polar surface area (TPSA) is 98.3 Å². The average Bonchev–Trinajstić information content (AvgIpc) is 3.04. The van der Waals surface area contributed by atoms with Gasteiger partial charge in [-0.25, -0.2) is 4.79 Å². The van der Waals surface area contributed by atoms with Gasteiger partial charge in [-0.05, 0) is 12.8 Å². The highest BCUT2D eigenvalue weighted by molar-refractivity contribution is 14.0. The van der Waals surface area contributed by atoms with Gasteiger partial charge in [-0.15, -0.1) is 24.0 Å². The van der Waals surface area contributed by atoms with Gasteiger partial charge in [0.25, 0.3) is 0 Å². The number of nitrogens with zero attached hydrogens (tertiary/aromatic N) is 3. The summed E-state index contributed by atoms with van der Waals surface area (Å²) in [6, 6.07) is -0.321. The number of carbonyl (C=O) groups is 2. The van der Waals surface area contributed by atoms with E-state index < -0.39 is 0 Å². The Labute approximate surface area is 184 Å². The molecule has 0 aromatic carbocycles. The number of carbonyl (C=O) groups excluding carboxylic acids is 2. The number of amides is 3. The zero-order valence-corrected chi connectivity index (χ0v) is 19.0. The van der Waals surface area contributed by atoms with Crippen LogP contribution in [0.3, 0.4) is 0 Å². The number of aliphatic imine (C=N–C) groups is 1. The molecule has 3 amide bonds. The van der Waals surface area contributed by atoms with E-state index in [9.17, 15) is 9.59 Å². The van der Waals surface area contributed by atoms with Crippen LogP contribution in [0.2, 0.25) is 0 Å². The first-order valence-corrected chi connectivity index (χ1v) is 10.0. The molecule has 0 radical (unpaired) electrons. The highest BCUT2D eigenvalue weighted by Gasteiger charge is 2.38. The minimum absolute atomic E-state index is 0. The van der Waals surface area contributed by atoms with Gasteiger partial charge >= 0.3 is 6.03 Å². The predicted molar refractivity (Wildman–Crippen MR) is 118 cm³/mol. The first-order chi connectivity index (χ1) is 13.1. The third-order valence-corrected chi connectivity index (χ3v) is 5.84. The van der Waals surface area contributed by atoms with Gasteiger partial charge in [0.2, 0.25) is 5.91 Å². The second-order valence-electron chi connectivity index (χ2n) is 7.44. The molecule has 2 saturated heterocycles. The second kappa shape index (κ2) is 11.1. The fourth-order valence-corrected chi connectivity index (χ4v) is 4.29. The quantitative estimate of drug-likeness (QED) is 0.208. The van der Waals surface area contributed by atoms with Gasteiger partial charge in [-0.2, -0.15) is 0 Å². The van der Waals surface area contributed by atoms with Crippen molar-refractivity contribution in [1.29, 1.82) is 0 Å². The number of nitrogens with one attached hydrogen (secondary N) is 3. The molecule has 2 aliphatic heterocycles. The molecule has 0 unspecified atom stereocenters. The van der Waals surface area contributed by atoms with Gasteiger partial charge in [0.1, 0.15) is 0 Å². The molecule has 1 saturated carbocycles. The molecule has 0 aromatic rings. The van der Waals surface area contributed by atoms with Crippen LogP contribution in [-0.2, 0) is 9.53 Å². The van der Waals surface area contributed by atoms with Crippen molar-refractivity contribution in [1.82, 2.24) is 25.8 Å². The van der Waals surface area contributed by atoms with E-state index in [4.69, 9.17) is 4.74 Å². The van der Waals surface area contributed by atoms with Crippen LogP contribution in [0.5, 0.6) is 0 Å². The van der Waals surface area contributed by atoms with Crippen LogP contribution < -0.4 is 16.0 Å². The molecule has 3 fully saturated rings. The number of urea groups is 1. The number of halogens is 1. The van der Waals surface area contributed by atoms with Crippen LogP contribution in [0.4, 0.5) is 4.79 Å². The molecule has 0 atom stereocenters. The molecule has 0 bridgehead atoms. The first-order valence-electron chi connectivity index (χ1n) is 10.0. The minimum Gasteiger partial charge on any atom is -0.379 e. The maximum Gasteiger partial charge on any atom is 0.324 e. The molecule has 0 spiro atoms. The molecule has 0 aromatic heterocycles. The smallest absolute Gasteiger partial charge is 0.324 e. The number of imide groups is 1. The van der Waals surface area contributed by atoms with Crippen molar-refractivity contribution >= 4 is 41.9 Å². The Morgan fingerprint density at radius 3 is 2.50 bits per heavy atom. The summed E-state index contributed by atoms with van der Waals surface area (Å²) < 4.78 is 5.54. The number of ether oxygens (including phenoxy) is 1. The number of hydrogen-bond donors (Lipinski definition) is 3. The first kappa shape index (κ1) is 23.1. The van der Waals surface area contributed by atoms with Gasteiger partial charge in [-0.1, -0.05) is 19.3 Å². The van der Waals surface area contributed by atoms with Gasteiger partial charge in [0.15, 0.2) is 5.96 Å². The van der Waals surface area contributed by atoms with Crippen LogP contribution >= 0.6 is 24.0 Å². The summed E-state index contributed by atoms with van der Waals surface area (Å²) in [5, 5.41) is 9.23. The zero-order chi connectivity index (χ0) is 19.1. The van der Waals surface area contributed by atoms with Gasteiger partial charge < -0.3 is 20.7 Å². The second-order valence-corrected chi connectivity index (χ2v) is 7.44. The Hall–Kier alpha value is -1.14. The Morgan fingerprint density at radius 1 is 1.18 bits per heavy atom. The monoisotopic (exact) mass is 508 g/mol. The number of morpholine rings is 1. The molecule has 3 aliphatic rings. The van der Waals surface area contributed by atoms with E-state index in [0.717, 1.165) is 32.8 Å². The lowest BCUT2D eigenvalue weighted by molar-refractivity contribution is -0.124. The largest absolute Gasteiger partial charge is 0.379 e. The van der Waals surface area contributed by atoms with E-state index in [1.807, 2.05) is 0 Å². The van der Waals surface area contributed by atoms with Crippen LogP contribution in [-0.4, -0.2) is 92.8 Å². The van der Waals surface area contributed by atoms with Crippen LogP contribution in [0.15, 0.2) is 4.99 Å². The van der Waals surface area contributed by atoms with Crippen molar-refractivity contribution in [2.24, 2.45) is 4.99 Å². The molecule has 2 heterocycles. The predicted octanol–water partition coefficient (Wildman–Crippen LogP) is 0.356. The maximum atomic E-state index is 11.6. The van der Waals surface area contributed by atoms with E-state index in [-0.39, 0.29) is 48.0 Å². The number of guanidine groups is 1. The molecule has 9 nitrogen and oxygen atoms in total. The van der Waals surface area contributed by atoms with E-state index in [0.29, 0.717) is 19.0 Å². The highest BCUT2D eigenvalue weighted by Crippen LogP contribution is 2.33. The van der Waals surface area contributed by atoms with Crippen molar-refractivity contribution in [2.75, 3.05) is 59.5 Å². The molecule has 160 valence electrons. The summed E-state index contributed by atoms with van der Waals surface area (Å²) in [4.78, 5) is 31.3. The van der Waals surface area contributed by atoms with Gasteiger partial charge in [0.05, 0.1) is 19.8 Å². The van der Waals surface area contributed by atoms with Gasteiger partial charge in [-0.3, -0.25) is 19.6 Å². The molecule has 3 N–H and O–H groups in total.